The summed E-state index contributed by atoms with van der Waals surface area (Å²) in [5, 5.41) is 20.1. The van der Waals surface area contributed by atoms with E-state index in [9.17, 15) is 54.4 Å². The van der Waals surface area contributed by atoms with Gasteiger partial charge in [-0.3, -0.25) is 0 Å². The molecule has 0 aliphatic carbocycles. The van der Waals surface area contributed by atoms with E-state index in [2.05, 4.69) is 20.0 Å². The Morgan fingerprint density at radius 1 is 0.480 bits per heavy atom. The molecule has 4 aromatic rings. The number of rotatable bonds is 6. The Morgan fingerprint density at radius 3 is 1.08 bits per heavy atom. The second-order valence-electron chi connectivity index (χ2n) is 10.2. The molecule has 2 aromatic heterocycles. The van der Waals surface area contributed by atoms with Crippen LogP contribution >= 0.6 is 0 Å². The Labute approximate surface area is 273 Å². The van der Waals surface area contributed by atoms with Crippen molar-refractivity contribution in [1.82, 2.24) is 9.97 Å². The van der Waals surface area contributed by atoms with Gasteiger partial charge in [0.15, 0.2) is 46.5 Å². The molecule has 2 N–H and O–H groups in total. The molecule has 0 spiro atoms. The molecular formula is C34H12F10N6. The molecule has 4 heterocycles. The first-order valence-electron chi connectivity index (χ1n) is 13.8. The van der Waals surface area contributed by atoms with Crippen LogP contribution in [0.4, 0.5) is 43.9 Å². The number of hydrogen-bond acceptors (Lipinski definition) is 4. The van der Waals surface area contributed by atoms with Gasteiger partial charge in [0.25, 0.3) is 0 Å². The van der Waals surface area contributed by atoms with Gasteiger partial charge in [0, 0.05) is 34.9 Å². The van der Waals surface area contributed by atoms with Crippen molar-refractivity contribution in [3.8, 4) is 12.1 Å². The van der Waals surface area contributed by atoms with Crippen LogP contribution in [-0.2, 0) is 0 Å². The van der Waals surface area contributed by atoms with E-state index in [1.54, 1.807) is 12.1 Å². The number of aromatic amines is 2. The van der Waals surface area contributed by atoms with E-state index in [-0.39, 0.29) is 34.2 Å². The van der Waals surface area contributed by atoms with Gasteiger partial charge >= 0.3 is 0 Å². The number of aliphatic imine (C=N–C) groups is 2. The Morgan fingerprint density at radius 2 is 0.800 bits per heavy atom. The van der Waals surface area contributed by atoms with Gasteiger partial charge in [0.05, 0.1) is 45.1 Å². The van der Waals surface area contributed by atoms with E-state index in [0.717, 1.165) is 24.3 Å². The lowest BCUT2D eigenvalue weighted by Crippen LogP contribution is -2.09. The number of allylic oxidation sites excluding steroid dienone is 6. The number of halogens is 10. The van der Waals surface area contributed by atoms with E-state index in [1.807, 2.05) is 0 Å². The second-order valence-corrected chi connectivity index (χ2v) is 10.2. The molecule has 248 valence electrons. The zero-order valence-electron chi connectivity index (χ0n) is 24.3. The Hall–Kier alpha value is -6.68. The number of H-pyrrole nitrogens is 2. The molecule has 50 heavy (non-hydrogen) atoms. The Kier molecular flexibility index (Phi) is 8.46. The number of benzene rings is 2. The summed E-state index contributed by atoms with van der Waals surface area (Å²) in [6, 6.07) is 8.68. The van der Waals surface area contributed by atoms with Crippen LogP contribution in [0.15, 0.2) is 93.5 Å². The number of nitrogens with one attached hydrogen (secondary N) is 2. The fourth-order valence-electron chi connectivity index (χ4n) is 5.19. The van der Waals surface area contributed by atoms with Crippen LogP contribution in [-0.4, -0.2) is 21.4 Å². The maximum absolute atomic E-state index is 15.0. The van der Waals surface area contributed by atoms with Crippen molar-refractivity contribution in [3.63, 3.8) is 0 Å². The molecular weight excluding hydrogens is 682 g/mol. The molecule has 6 nitrogen and oxygen atoms in total. The van der Waals surface area contributed by atoms with Crippen molar-refractivity contribution >= 4 is 22.6 Å². The smallest absolute Gasteiger partial charge is 0.200 e. The van der Waals surface area contributed by atoms with Gasteiger partial charge in [0.2, 0.25) is 11.6 Å². The lowest BCUT2D eigenvalue weighted by molar-refractivity contribution is 0.376. The molecule has 2 aliphatic heterocycles. The van der Waals surface area contributed by atoms with Crippen molar-refractivity contribution in [3.05, 3.63) is 164 Å². The molecule has 16 heteroatoms. The average molecular weight is 694 g/mol. The van der Waals surface area contributed by atoms with Gasteiger partial charge < -0.3 is 9.97 Å². The van der Waals surface area contributed by atoms with Crippen LogP contribution in [0.3, 0.4) is 0 Å². The fraction of sp³-hybridized carbons (Fsp3) is 0. The van der Waals surface area contributed by atoms with Crippen LogP contribution in [0, 0.1) is 80.8 Å². The van der Waals surface area contributed by atoms with E-state index >= 15 is 0 Å². The fourth-order valence-corrected chi connectivity index (χ4v) is 5.19. The van der Waals surface area contributed by atoms with Crippen molar-refractivity contribution in [2.24, 2.45) is 9.98 Å². The molecule has 0 saturated heterocycles. The minimum atomic E-state index is -2.39. The highest BCUT2D eigenvalue weighted by Gasteiger charge is 2.33. The monoisotopic (exact) mass is 694 g/mol. The summed E-state index contributed by atoms with van der Waals surface area (Å²) in [5.74, 6) is -22.3. The lowest BCUT2D eigenvalue weighted by atomic mass is 9.98. The molecule has 2 aliphatic rings. The molecule has 0 unspecified atom stereocenters. The summed E-state index contributed by atoms with van der Waals surface area (Å²) in [4.78, 5) is 13.5. The van der Waals surface area contributed by atoms with E-state index < -0.39 is 91.6 Å². The van der Waals surface area contributed by atoms with E-state index in [1.165, 1.54) is 36.7 Å². The third-order valence-electron chi connectivity index (χ3n) is 7.43. The van der Waals surface area contributed by atoms with Gasteiger partial charge in [-0.25, -0.2) is 53.9 Å². The van der Waals surface area contributed by atoms with Gasteiger partial charge in [-0.05, 0) is 48.6 Å². The maximum Gasteiger partial charge on any atom is 0.200 e. The largest absolute Gasteiger partial charge is 0.361 e. The van der Waals surface area contributed by atoms with Crippen molar-refractivity contribution < 1.29 is 43.9 Å². The summed E-state index contributed by atoms with van der Waals surface area (Å²) in [7, 11) is 0. The average Bonchev–Trinajstić information content (AvgIpc) is 3.96. The molecule has 0 bridgehead atoms. The molecule has 0 amide bonds. The molecule has 0 radical (unpaired) electrons. The number of nitriles is 2. The molecule has 2 aromatic carbocycles. The quantitative estimate of drug-likeness (QED) is 0.0918. The molecule has 0 fully saturated rings. The van der Waals surface area contributed by atoms with Crippen LogP contribution < -0.4 is 0 Å². The normalized spacial score (nSPS) is 16.2. The maximum atomic E-state index is 15.0. The summed E-state index contributed by atoms with van der Waals surface area (Å²) in [6.07, 6.45) is 6.97. The summed E-state index contributed by atoms with van der Waals surface area (Å²) < 4.78 is 144. The Bertz CT molecular complexity index is 2200. The first-order valence-corrected chi connectivity index (χ1v) is 13.8. The highest BCUT2D eigenvalue weighted by atomic mass is 19.2. The van der Waals surface area contributed by atoms with Crippen LogP contribution in [0.5, 0.6) is 0 Å². The zero-order valence-corrected chi connectivity index (χ0v) is 24.3. The third kappa shape index (κ3) is 5.23. The number of hydrogen-bond donors (Lipinski definition) is 2. The van der Waals surface area contributed by atoms with Crippen molar-refractivity contribution in [1.29, 1.82) is 10.5 Å². The van der Waals surface area contributed by atoms with Gasteiger partial charge in [0.1, 0.15) is 12.1 Å². The minimum Gasteiger partial charge on any atom is -0.361 e. The van der Waals surface area contributed by atoms with Crippen LogP contribution in [0.2, 0.25) is 0 Å². The first kappa shape index (κ1) is 33.2. The predicted octanol–water partition coefficient (Wildman–Crippen LogP) is 8.32. The van der Waals surface area contributed by atoms with Gasteiger partial charge in [-0.15, -0.1) is 0 Å². The molecule has 0 saturated carbocycles. The van der Waals surface area contributed by atoms with Gasteiger partial charge in [-0.1, -0.05) is 0 Å². The number of aromatic nitrogens is 2. The molecule has 0 atom stereocenters. The zero-order chi connectivity index (χ0) is 36.0. The van der Waals surface area contributed by atoms with Crippen molar-refractivity contribution in [2.75, 3.05) is 0 Å². The van der Waals surface area contributed by atoms with E-state index in [0.29, 0.717) is 0 Å². The standard InChI is InChI=1S/C34H12F10N6/c35-25-23(26(36)30(40)33(43)29(25)39)21(17-3-1-9-47-17)19-7-5-15(49-19)13(11-45)14(12-46)16-6-8-20(50-16)22(18-4-2-10-48-18)24-27(37)31(41)34(44)32(42)28(24)38/h1-10,47-48H/b14-13+,21-19-,22-20-. The topological polar surface area (TPSA) is 104 Å². The van der Waals surface area contributed by atoms with Crippen LogP contribution in [0.25, 0.3) is 11.1 Å². The number of nitrogens with zero attached hydrogens (tertiary/aromatic N) is 4. The SMILES string of the molecule is N#C/C(C1=N/C(=C(/c2ccc[nH]2)c2c(F)c(F)c(F)c(F)c2F)C=C1)=C(/C#N)C1=N/C(=C(/c2ccc[nH]2)c2c(F)c(F)c(F)c(F)c2F)C=C1. The highest BCUT2D eigenvalue weighted by Crippen LogP contribution is 2.38. The predicted molar refractivity (Wildman–Crippen MR) is 157 cm³/mol. The summed E-state index contributed by atoms with van der Waals surface area (Å²) >= 11 is 0. The Balaban J connectivity index is 1.54. The minimum absolute atomic E-state index is 0.135. The summed E-state index contributed by atoms with van der Waals surface area (Å²) in [5.41, 5.74) is -6.60. The second kappa shape index (κ2) is 12.7. The molecule has 6 rings (SSSR count). The highest BCUT2D eigenvalue weighted by molar-refractivity contribution is 6.24. The van der Waals surface area contributed by atoms with E-state index in [4.69, 9.17) is 0 Å². The lowest BCUT2D eigenvalue weighted by Gasteiger charge is -2.13. The van der Waals surface area contributed by atoms with Crippen molar-refractivity contribution in [2.45, 2.75) is 0 Å². The van der Waals surface area contributed by atoms with Gasteiger partial charge in [-0.2, -0.15) is 10.5 Å². The van der Waals surface area contributed by atoms with Crippen LogP contribution in [0.1, 0.15) is 22.5 Å². The first-order chi connectivity index (χ1) is 23.9. The third-order valence-corrected chi connectivity index (χ3v) is 7.43. The summed E-state index contributed by atoms with van der Waals surface area (Å²) in [6.45, 7) is 0.